The molecule has 0 saturated heterocycles. The average Bonchev–Trinajstić information content (AvgIpc) is 3.20. The van der Waals surface area contributed by atoms with Crippen LogP contribution in [0.5, 0.6) is 0 Å². The van der Waals surface area contributed by atoms with Crippen molar-refractivity contribution in [2.45, 2.75) is 19.9 Å². The first kappa shape index (κ1) is 16.9. The highest BCUT2D eigenvalue weighted by molar-refractivity contribution is 5.90. The molecule has 3 N–H and O–H groups in total. The summed E-state index contributed by atoms with van der Waals surface area (Å²) in [5.41, 5.74) is 1.66. The topological polar surface area (TPSA) is 109 Å². The van der Waals surface area contributed by atoms with Crippen molar-refractivity contribution in [1.82, 2.24) is 34.5 Å². The molecule has 4 aromatic heterocycles. The van der Waals surface area contributed by atoms with Crippen LogP contribution < -0.4 is 10.6 Å². The molecule has 0 saturated carbocycles. The van der Waals surface area contributed by atoms with E-state index in [0.717, 1.165) is 23.5 Å². The SMILES string of the molecule is Cc1cc2c(Nc3cn(C)cn3)nc(N[C@H](C)c3ncc(F)cn3)nc2[nH]1. The quantitative estimate of drug-likeness (QED) is 0.497. The molecule has 0 spiro atoms. The average molecular weight is 367 g/mol. The third kappa shape index (κ3) is 3.54. The van der Waals surface area contributed by atoms with Crippen molar-refractivity contribution in [2.75, 3.05) is 10.6 Å². The highest BCUT2D eigenvalue weighted by atomic mass is 19.1. The van der Waals surface area contributed by atoms with Gasteiger partial charge in [0.2, 0.25) is 5.95 Å². The van der Waals surface area contributed by atoms with E-state index in [-0.39, 0.29) is 6.04 Å². The van der Waals surface area contributed by atoms with Gasteiger partial charge in [-0.05, 0) is 19.9 Å². The van der Waals surface area contributed by atoms with Gasteiger partial charge in [0, 0.05) is 18.9 Å². The molecule has 10 heteroatoms. The van der Waals surface area contributed by atoms with Crippen molar-refractivity contribution in [2.24, 2.45) is 7.05 Å². The molecule has 4 aromatic rings. The second-order valence-electron chi connectivity index (χ2n) is 6.29. The van der Waals surface area contributed by atoms with E-state index in [4.69, 9.17) is 0 Å². The van der Waals surface area contributed by atoms with Crippen LogP contribution in [-0.2, 0) is 7.05 Å². The predicted molar refractivity (Wildman–Crippen MR) is 99.1 cm³/mol. The number of halogens is 1. The van der Waals surface area contributed by atoms with E-state index in [1.54, 1.807) is 6.33 Å². The Bertz CT molecular complexity index is 1080. The Morgan fingerprint density at radius 1 is 1.19 bits per heavy atom. The first-order valence-corrected chi connectivity index (χ1v) is 8.34. The predicted octanol–water partition coefficient (Wildman–Crippen LogP) is 2.85. The number of nitrogens with one attached hydrogen (secondary N) is 3. The van der Waals surface area contributed by atoms with E-state index in [1.807, 2.05) is 37.7 Å². The van der Waals surface area contributed by atoms with Crippen molar-refractivity contribution >= 4 is 28.6 Å². The smallest absolute Gasteiger partial charge is 0.227 e. The summed E-state index contributed by atoms with van der Waals surface area (Å²) < 4.78 is 14.9. The van der Waals surface area contributed by atoms with Crippen molar-refractivity contribution in [3.8, 4) is 0 Å². The van der Waals surface area contributed by atoms with Gasteiger partial charge in [-0.15, -0.1) is 0 Å². The fraction of sp³-hybridized carbons (Fsp3) is 0.235. The minimum absolute atomic E-state index is 0.304. The van der Waals surface area contributed by atoms with Crippen LogP contribution in [0.25, 0.3) is 11.0 Å². The van der Waals surface area contributed by atoms with Crippen molar-refractivity contribution in [1.29, 1.82) is 0 Å². The lowest BCUT2D eigenvalue weighted by molar-refractivity contribution is 0.604. The van der Waals surface area contributed by atoms with E-state index >= 15 is 0 Å². The van der Waals surface area contributed by atoms with Gasteiger partial charge >= 0.3 is 0 Å². The molecule has 4 heterocycles. The molecule has 138 valence electrons. The van der Waals surface area contributed by atoms with E-state index in [9.17, 15) is 4.39 Å². The Kier molecular flexibility index (Phi) is 4.15. The molecular formula is C17H18FN9. The summed E-state index contributed by atoms with van der Waals surface area (Å²) in [6.45, 7) is 3.81. The number of fused-ring (bicyclic) bond motifs is 1. The molecule has 1 atom stereocenters. The van der Waals surface area contributed by atoms with Crippen molar-refractivity contribution in [3.63, 3.8) is 0 Å². The van der Waals surface area contributed by atoms with Crippen LogP contribution in [0, 0.1) is 12.7 Å². The molecule has 0 aliphatic carbocycles. The maximum atomic E-state index is 13.0. The lowest BCUT2D eigenvalue weighted by atomic mass is 10.3. The van der Waals surface area contributed by atoms with Gasteiger partial charge in [0.05, 0.1) is 30.1 Å². The number of H-pyrrole nitrogens is 1. The molecule has 0 aliphatic heterocycles. The Hall–Kier alpha value is -3.56. The number of hydrogen-bond donors (Lipinski definition) is 3. The number of aromatic amines is 1. The lowest BCUT2D eigenvalue weighted by Gasteiger charge is -2.13. The zero-order valence-corrected chi connectivity index (χ0v) is 15.0. The minimum Gasteiger partial charge on any atom is -0.344 e. The van der Waals surface area contributed by atoms with Gasteiger partial charge in [-0.25, -0.2) is 19.3 Å². The summed E-state index contributed by atoms with van der Waals surface area (Å²) in [7, 11) is 1.89. The van der Waals surface area contributed by atoms with E-state index < -0.39 is 5.82 Å². The van der Waals surface area contributed by atoms with E-state index in [0.29, 0.717) is 29.1 Å². The molecule has 0 bridgehead atoms. The molecule has 4 rings (SSSR count). The highest BCUT2D eigenvalue weighted by Gasteiger charge is 2.15. The molecule has 0 unspecified atom stereocenters. The Balaban J connectivity index is 1.67. The Morgan fingerprint density at radius 3 is 2.67 bits per heavy atom. The number of rotatable bonds is 5. The molecule has 27 heavy (non-hydrogen) atoms. The fourth-order valence-corrected chi connectivity index (χ4v) is 2.70. The summed E-state index contributed by atoms with van der Waals surface area (Å²) in [5.74, 6) is 1.66. The van der Waals surface area contributed by atoms with Gasteiger partial charge in [0.1, 0.15) is 23.1 Å². The zero-order chi connectivity index (χ0) is 19.0. The fourth-order valence-electron chi connectivity index (χ4n) is 2.70. The van der Waals surface area contributed by atoms with Crippen LogP contribution in [0.15, 0.2) is 31.0 Å². The van der Waals surface area contributed by atoms with Gasteiger partial charge in [0.15, 0.2) is 5.82 Å². The van der Waals surface area contributed by atoms with Crippen molar-refractivity contribution < 1.29 is 4.39 Å². The number of nitrogens with zero attached hydrogens (tertiary/aromatic N) is 6. The number of hydrogen-bond acceptors (Lipinski definition) is 7. The van der Waals surface area contributed by atoms with Gasteiger partial charge in [-0.3, -0.25) is 0 Å². The first-order chi connectivity index (χ1) is 13.0. The summed E-state index contributed by atoms with van der Waals surface area (Å²) in [6, 6.07) is 1.67. The van der Waals surface area contributed by atoms with Crippen LogP contribution >= 0.6 is 0 Å². The zero-order valence-electron chi connectivity index (χ0n) is 15.0. The lowest BCUT2D eigenvalue weighted by Crippen LogP contribution is -2.13. The largest absolute Gasteiger partial charge is 0.344 e. The highest BCUT2D eigenvalue weighted by Crippen LogP contribution is 2.26. The van der Waals surface area contributed by atoms with Crippen LogP contribution in [-0.4, -0.2) is 34.5 Å². The minimum atomic E-state index is -0.479. The monoisotopic (exact) mass is 367 g/mol. The van der Waals surface area contributed by atoms with Gasteiger partial charge in [-0.1, -0.05) is 0 Å². The van der Waals surface area contributed by atoms with Crippen LogP contribution in [0.3, 0.4) is 0 Å². The maximum Gasteiger partial charge on any atom is 0.227 e. The van der Waals surface area contributed by atoms with E-state index in [1.165, 1.54) is 0 Å². The maximum absolute atomic E-state index is 13.0. The molecule has 0 amide bonds. The van der Waals surface area contributed by atoms with Gasteiger partial charge in [0.25, 0.3) is 0 Å². The molecule has 0 radical (unpaired) electrons. The number of aryl methyl sites for hydroxylation is 2. The van der Waals surface area contributed by atoms with Gasteiger partial charge < -0.3 is 20.2 Å². The summed E-state index contributed by atoms with van der Waals surface area (Å²) in [4.78, 5) is 24.6. The Labute approximate surface area is 154 Å². The number of aromatic nitrogens is 7. The summed E-state index contributed by atoms with van der Waals surface area (Å²) >= 11 is 0. The molecular weight excluding hydrogens is 349 g/mol. The van der Waals surface area contributed by atoms with E-state index in [2.05, 4.69) is 40.5 Å². The third-order valence-corrected chi connectivity index (χ3v) is 3.95. The third-order valence-electron chi connectivity index (χ3n) is 3.95. The second-order valence-corrected chi connectivity index (χ2v) is 6.29. The van der Waals surface area contributed by atoms with Crippen LogP contribution in [0.1, 0.15) is 24.5 Å². The van der Waals surface area contributed by atoms with Gasteiger partial charge in [-0.2, -0.15) is 9.97 Å². The molecule has 9 nitrogen and oxygen atoms in total. The van der Waals surface area contributed by atoms with Crippen LogP contribution in [0.2, 0.25) is 0 Å². The van der Waals surface area contributed by atoms with Crippen LogP contribution in [0.4, 0.5) is 22.0 Å². The second kappa shape index (κ2) is 6.63. The molecule has 0 aromatic carbocycles. The number of imidazole rings is 1. The first-order valence-electron chi connectivity index (χ1n) is 8.34. The normalized spacial score (nSPS) is 12.3. The standard InChI is InChI=1S/C17H18FN9/c1-9-4-12-15(22-9)25-17(23-10(2)14-19-5-11(18)6-20-14)26-16(12)24-13-7-27(3)8-21-13/h4-8,10H,1-3H3,(H3,22,23,24,25,26)/t10-/m1/s1. The molecule has 0 fully saturated rings. The van der Waals surface area contributed by atoms with Crippen molar-refractivity contribution in [3.05, 3.63) is 48.3 Å². The summed E-state index contributed by atoms with van der Waals surface area (Å²) in [6.07, 6.45) is 5.83. The summed E-state index contributed by atoms with van der Waals surface area (Å²) in [5, 5.41) is 7.23. The Morgan fingerprint density at radius 2 is 1.96 bits per heavy atom. The number of anilines is 3. The molecule has 0 aliphatic rings.